The Kier molecular flexibility index (Phi) is 5.71. The molecule has 2 aromatic heterocycles. The number of fused-ring (bicyclic) bond motifs is 1. The van der Waals surface area contributed by atoms with Gasteiger partial charge in [-0.25, -0.2) is 4.98 Å². The van der Waals surface area contributed by atoms with Gasteiger partial charge in [0.05, 0.1) is 19.6 Å². The minimum absolute atomic E-state index is 0.130. The summed E-state index contributed by atoms with van der Waals surface area (Å²) in [5.41, 5.74) is 6.75. The molecule has 0 saturated carbocycles. The first-order valence-electron chi connectivity index (χ1n) is 9.73. The summed E-state index contributed by atoms with van der Waals surface area (Å²) in [7, 11) is 3.17. The molecule has 0 aliphatic rings. The summed E-state index contributed by atoms with van der Waals surface area (Å²) >= 11 is 0. The number of amides is 1. The Morgan fingerprint density at radius 1 is 1.09 bits per heavy atom. The molecular formula is C23H21N5O4. The number of hydrogen-bond donors (Lipinski definition) is 2. The molecule has 0 bridgehead atoms. The van der Waals surface area contributed by atoms with E-state index in [1.165, 1.54) is 12.4 Å². The van der Waals surface area contributed by atoms with Crippen molar-refractivity contribution in [2.45, 2.75) is 6.54 Å². The fourth-order valence-corrected chi connectivity index (χ4v) is 3.31. The number of nitrogens with two attached hydrogens (primary N) is 1. The number of nitrogens with one attached hydrogen (secondary N) is 1. The maximum atomic E-state index is 12.7. The van der Waals surface area contributed by atoms with Gasteiger partial charge in [0.2, 0.25) is 11.4 Å². The van der Waals surface area contributed by atoms with Crippen LogP contribution in [0.3, 0.4) is 0 Å². The first-order valence-corrected chi connectivity index (χ1v) is 9.73. The van der Waals surface area contributed by atoms with Crippen LogP contribution in [-0.4, -0.2) is 34.7 Å². The Labute approximate surface area is 183 Å². The van der Waals surface area contributed by atoms with E-state index in [4.69, 9.17) is 15.2 Å². The Hall–Kier alpha value is -4.40. The van der Waals surface area contributed by atoms with Crippen molar-refractivity contribution in [1.82, 2.24) is 14.5 Å². The third kappa shape index (κ3) is 4.08. The van der Waals surface area contributed by atoms with Gasteiger partial charge in [-0.05, 0) is 29.8 Å². The molecule has 0 unspecified atom stereocenters. The lowest BCUT2D eigenvalue weighted by Gasteiger charge is -2.13. The number of anilines is 1. The lowest BCUT2D eigenvalue weighted by Crippen LogP contribution is -2.24. The average molecular weight is 431 g/mol. The fourth-order valence-electron chi connectivity index (χ4n) is 3.31. The van der Waals surface area contributed by atoms with Crippen LogP contribution in [0.25, 0.3) is 16.7 Å². The summed E-state index contributed by atoms with van der Waals surface area (Å²) in [5.74, 6) is 0.834. The summed E-state index contributed by atoms with van der Waals surface area (Å²) in [6, 6.07) is 14.8. The zero-order valence-corrected chi connectivity index (χ0v) is 17.5. The van der Waals surface area contributed by atoms with Crippen molar-refractivity contribution in [3.8, 4) is 17.2 Å². The van der Waals surface area contributed by atoms with E-state index in [0.717, 1.165) is 11.3 Å². The van der Waals surface area contributed by atoms with Gasteiger partial charge in [0.1, 0.15) is 17.1 Å². The second kappa shape index (κ2) is 8.76. The zero-order chi connectivity index (χ0) is 22.7. The van der Waals surface area contributed by atoms with E-state index in [1.807, 2.05) is 42.5 Å². The predicted octanol–water partition coefficient (Wildman–Crippen LogP) is 2.51. The number of rotatable bonds is 7. The monoisotopic (exact) mass is 431 g/mol. The molecule has 0 aliphatic heterocycles. The lowest BCUT2D eigenvalue weighted by molar-refractivity contribution is 0.0999. The normalized spacial score (nSPS) is 10.7. The summed E-state index contributed by atoms with van der Waals surface area (Å²) in [6.45, 7) is 0.397. The highest BCUT2D eigenvalue weighted by molar-refractivity contribution is 5.96. The number of ether oxygens (including phenoxy) is 2. The number of aromatic nitrogens is 3. The van der Waals surface area contributed by atoms with Gasteiger partial charge in [-0.15, -0.1) is 0 Å². The van der Waals surface area contributed by atoms with Crippen molar-refractivity contribution in [2.24, 2.45) is 5.73 Å². The van der Waals surface area contributed by atoms with Gasteiger partial charge in [-0.3, -0.25) is 9.59 Å². The van der Waals surface area contributed by atoms with Crippen LogP contribution >= 0.6 is 0 Å². The summed E-state index contributed by atoms with van der Waals surface area (Å²) in [4.78, 5) is 33.4. The van der Waals surface area contributed by atoms with E-state index >= 15 is 0 Å². The van der Waals surface area contributed by atoms with Crippen LogP contribution in [0.5, 0.6) is 11.5 Å². The highest BCUT2D eigenvalue weighted by atomic mass is 16.5. The van der Waals surface area contributed by atoms with Crippen molar-refractivity contribution in [1.29, 1.82) is 0 Å². The van der Waals surface area contributed by atoms with Crippen LogP contribution in [0.1, 0.15) is 15.9 Å². The smallest absolute Gasteiger partial charge is 0.254 e. The molecule has 0 spiro atoms. The highest BCUT2D eigenvalue weighted by Gasteiger charge is 2.16. The van der Waals surface area contributed by atoms with Crippen LogP contribution in [0.15, 0.2) is 65.7 Å². The molecule has 2 aromatic carbocycles. The quantitative estimate of drug-likeness (QED) is 0.461. The fraction of sp³-hybridized carbons (Fsp3) is 0.130. The Balaban J connectivity index is 1.76. The van der Waals surface area contributed by atoms with Gasteiger partial charge in [-0.1, -0.05) is 18.2 Å². The van der Waals surface area contributed by atoms with Gasteiger partial charge in [0.25, 0.3) is 5.91 Å². The lowest BCUT2D eigenvalue weighted by atomic mass is 10.2. The van der Waals surface area contributed by atoms with Gasteiger partial charge >= 0.3 is 0 Å². The Morgan fingerprint density at radius 3 is 2.41 bits per heavy atom. The molecule has 0 fully saturated rings. The van der Waals surface area contributed by atoms with E-state index in [9.17, 15) is 9.59 Å². The second-order valence-corrected chi connectivity index (χ2v) is 6.95. The van der Waals surface area contributed by atoms with E-state index in [0.29, 0.717) is 29.6 Å². The topological polar surface area (TPSA) is 121 Å². The van der Waals surface area contributed by atoms with Crippen molar-refractivity contribution >= 4 is 22.9 Å². The van der Waals surface area contributed by atoms with Crippen molar-refractivity contribution in [3.05, 3.63) is 82.3 Å². The predicted molar refractivity (Wildman–Crippen MR) is 121 cm³/mol. The largest absolute Gasteiger partial charge is 0.497 e. The minimum atomic E-state index is -0.809. The van der Waals surface area contributed by atoms with Crippen LogP contribution in [0.4, 0.5) is 5.95 Å². The number of pyridine rings is 1. The molecule has 1 amide bonds. The highest BCUT2D eigenvalue weighted by Crippen LogP contribution is 2.23. The molecule has 0 aliphatic carbocycles. The number of nitrogens with zero attached hydrogens (tertiary/aromatic N) is 3. The van der Waals surface area contributed by atoms with Crippen LogP contribution in [-0.2, 0) is 6.54 Å². The summed E-state index contributed by atoms with van der Waals surface area (Å²) < 4.78 is 12.3. The molecule has 32 heavy (non-hydrogen) atoms. The number of carbonyl (C=O) groups is 1. The van der Waals surface area contributed by atoms with Crippen LogP contribution in [0, 0.1) is 0 Å². The first-order chi connectivity index (χ1) is 15.5. The Morgan fingerprint density at radius 2 is 1.78 bits per heavy atom. The zero-order valence-electron chi connectivity index (χ0n) is 17.5. The van der Waals surface area contributed by atoms with E-state index in [2.05, 4.69) is 15.3 Å². The average Bonchev–Trinajstić information content (AvgIpc) is 2.83. The van der Waals surface area contributed by atoms with E-state index < -0.39 is 11.3 Å². The van der Waals surface area contributed by atoms with Crippen molar-refractivity contribution < 1.29 is 14.3 Å². The maximum Gasteiger partial charge on any atom is 0.254 e. The van der Waals surface area contributed by atoms with Gasteiger partial charge in [-0.2, -0.15) is 4.98 Å². The summed E-state index contributed by atoms with van der Waals surface area (Å²) in [6.07, 6.45) is 2.80. The third-order valence-electron chi connectivity index (χ3n) is 4.91. The van der Waals surface area contributed by atoms with E-state index in [1.54, 1.807) is 24.9 Å². The molecular weight excluding hydrogens is 410 g/mol. The summed E-state index contributed by atoms with van der Waals surface area (Å²) in [5, 5.41) is 3.34. The second-order valence-electron chi connectivity index (χ2n) is 6.95. The van der Waals surface area contributed by atoms with Crippen molar-refractivity contribution in [3.63, 3.8) is 0 Å². The number of para-hydroxylation sites is 1. The third-order valence-corrected chi connectivity index (χ3v) is 4.91. The maximum absolute atomic E-state index is 12.7. The molecule has 162 valence electrons. The van der Waals surface area contributed by atoms with Crippen molar-refractivity contribution in [2.75, 3.05) is 19.5 Å². The molecule has 4 aromatic rings. The molecule has 4 rings (SSSR count). The SMILES string of the molecule is COc1cc(CNc2ncc3c(=O)c(C(N)=O)cn(-c4ccccc4)c3n2)cc(OC)c1. The number of primary amides is 1. The number of methoxy groups -OCH3 is 2. The van der Waals surface area contributed by atoms with Crippen LogP contribution < -0.4 is 26.0 Å². The van der Waals surface area contributed by atoms with Gasteiger partial charge in [0.15, 0.2) is 5.65 Å². The minimum Gasteiger partial charge on any atom is -0.497 e. The number of hydrogen-bond acceptors (Lipinski definition) is 7. The standard InChI is InChI=1S/C23H21N5O4/c1-31-16-8-14(9-17(10-16)32-2)11-25-23-26-12-18-20(29)19(21(24)30)13-28(22(18)27-23)15-6-4-3-5-7-15/h3-10,12-13H,11H2,1-2H3,(H2,24,30)(H,25,26,27). The first kappa shape index (κ1) is 20.9. The molecule has 9 nitrogen and oxygen atoms in total. The Bertz CT molecular complexity index is 1330. The molecule has 9 heteroatoms. The molecule has 0 radical (unpaired) electrons. The molecule has 3 N–H and O–H groups in total. The number of carbonyl (C=O) groups excluding carboxylic acids is 1. The number of benzene rings is 2. The molecule has 0 saturated heterocycles. The molecule has 2 heterocycles. The van der Waals surface area contributed by atoms with Crippen LogP contribution in [0.2, 0.25) is 0 Å². The molecule has 0 atom stereocenters. The van der Waals surface area contributed by atoms with Gasteiger partial charge < -0.3 is 25.1 Å². The van der Waals surface area contributed by atoms with Gasteiger partial charge in [0, 0.05) is 30.7 Å². The van der Waals surface area contributed by atoms with E-state index in [-0.39, 0.29) is 10.9 Å².